The second-order valence-corrected chi connectivity index (χ2v) is 10.3. The number of nitrogens with one attached hydrogen (secondary N) is 1. The highest BCUT2D eigenvalue weighted by atomic mass is 32.2. The molecule has 0 fully saturated rings. The molecule has 1 aliphatic carbocycles. The molecule has 0 radical (unpaired) electrons. The Morgan fingerprint density at radius 2 is 2.00 bits per heavy atom. The molecule has 1 aliphatic rings. The summed E-state index contributed by atoms with van der Waals surface area (Å²) in [6.45, 7) is 5.13. The molecule has 0 bridgehead atoms. The summed E-state index contributed by atoms with van der Waals surface area (Å²) in [5.74, 6) is 0.294. The molecule has 3 aromatic rings. The van der Waals surface area contributed by atoms with E-state index >= 15 is 0 Å². The Hall–Kier alpha value is -2.91. The third-order valence-corrected chi connectivity index (χ3v) is 8.05. The van der Waals surface area contributed by atoms with Crippen LogP contribution < -0.4 is 5.32 Å². The van der Waals surface area contributed by atoms with Gasteiger partial charge in [0.25, 0.3) is 0 Å². The normalized spacial score (nSPS) is 14.5. The predicted molar refractivity (Wildman–Crippen MR) is 121 cm³/mol. The van der Waals surface area contributed by atoms with Gasteiger partial charge in [-0.2, -0.15) is 9.40 Å². The molecule has 4 rings (SSSR count). The van der Waals surface area contributed by atoms with Crippen molar-refractivity contribution < 1.29 is 17.6 Å². The number of hydrogen-bond acceptors (Lipinski definition) is 5. The van der Waals surface area contributed by atoms with Crippen molar-refractivity contribution in [3.8, 4) is 0 Å². The molecule has 0 aliphatic heterocycles. The largest absolute Gasteiger partial charge is 0.468 e. The molecule has 1 unspecified atom stereocenters. The second-order valence-electron chi connectivity index (χ2n) is 8.29. The van der Waals surface area contributed by atoms with Crippen molar-refractivity contribution >= 4 is 21.6 Å². The number of sulfonamides is 1. The Balaban J connectivity index is 1.55. The molecule has 0 saturated carbocycles. The lowest BCUT2D eigenvalue weighted by Crippen LogP contribution is -2.28. The van der Waals surface area contributed by atoms with Gasteiger partial charge in [0.15, 0.2) is 0 Å². The highest BCUT2D eigenvalue weighted by Gasteiger charge is 2.31. The molecule has 8 nitrogen and oxygen atoms in total. The van der Waals surface area contributed by atoms with Crippen LogP contribution in [0.5, 0.6) is 0 Å². The van der Waals surface area contributed by atoms with Gasteiger partial charge in [0.2, 0.25) is 15.9 Å². The second kappa shape index (κ2) is 8.55. The van der Waals surface area contributed by atoms with Crippen LogP contribution >= 0.6 is 0 Å². The number of carbonyl (C=O) groups excluding carboxylic acids is 1. The number of carbonyl (C=O) groups is 1. The van der Waals surface area contributed by atoms with Gasteiger partial charge in [-0.3, -0.25) is 9.48 Å². The van der Waals surface area contributed by atoms with Crippen molar-refractivity contribution in [2.75, 3.05) is 12.4 Å². The highest BCUT2D eigenvalue weighted by Crippen LogP contribution is 2.28. The van der Waals surface area contributed by atoms with Crippen LogP contribution in [0.3, 0.4) is 0 Å². The number of aryl methyl sites for hydroxylation is 3. The van der Waals surface area contributed by atoms with Crippen molar-refractivity contribution in [3.63, 3.8) is 0 Å². The van der Waals surface area contributed by atoms with Gasteiger partial charge in [-0.05, 0) is 75.4 Å². The quantitative estimate of drug-likeness (QED) is 0.586. The molecule has 0 saturated heterocycles. The number of benzene rings is 1. The van der Waals surface area contributed by atoms with E-state index in [1.54, 1.807) is 32.9 Å². The Kier molecular flexibility index (Phi) is 5.96. The number of anilines is 1. The average Bonchev–Trinajstić information content (AvgIpc) is 3.47. The maximum absolute atomic E-state index is 13.2. The summed E-state index contributed by atoms with van der Waals surface area (Å²) in [7, 11) is -2.32. The maximum atomic E-state index is 13.2. The SMILES string of the molecule is Cc1nn(C(C)C(=O)Nc2ccc3c(c2)CCC3)c(C)c1S(=O)(=O)N(C)Cc1ccco1. The van der Waals surface area contributed by atoms with Crippen molar-refractivity contribution in [2.24, 2.45) is 0 Å². The van der Waals surface area contributed by atoms with E-state index < -0.39 is 16.1 Å². The Morgan fingerprint density at radius 3 is 2.72 bits per heavy atom. The molecular formula is C23H28N4O4S. The van der Waals surface area contributed by atoms with Crippen LogP contribution in [0.4, 0.5) is 5.69 Å². The number of aromatic nitrogens is 2. The summed E-state index contributed by atoms with van der Waals surface area (Å²) in [5, 5.41) is 7.35. The molecule has 2 aromatic heterocycles. The summed E-state index contributed by atoms with van der Waals surface area (Å²) in [6.07, 6.45) is 4.75. The topological polar surface area (TPSA) is 97.4 Å². The molecule has 1 aromatic carbocycles. The first kappa shape index (κ1) is 22.3. The summed E-state index contributed by atoms with van der Waals surface area (Å²) in [6, 6.07) is 8.75. The summed E-state index contributed by atoms with van der Waals surface area (Å²) < 4.78 is 34.4. The first-order chi connectivity index (χ1) is 15.2. The predicted octanol–water partition coefficient (Wildman–Crippen LogP) is 3.60. The van der Waals surface area contributed by atoms with Crippen LogP contribution in [0, 0.1) is 13.8 Å². The lowest BCUT2D eigenvalue weighted by atomic mass is 10.1. The molecule has 9 heteroatoms. The zero-order valence-corrected chi connectivity index (χ0v) is 19.6. The van der Waals surface area contributed by atoms with E-state index in [4.69, 9.17) is 4.42 Å². The Labute approximate surface area is 188 Å². The fourth-order valence-corrected chi connectivity index (χ4v) is 5.76. The van der Waals surface area contributed by atoms with E-state index in [2.05, 4.69) is 16.5 Å². The van der Waals surface area contributed by atoms with E-state index in [1.165, 1.54) is 33.4 Å². The fourth-order valence-electron chi connectivity index (χ4n) is 4.27. The first-order valence-corrected chi connectivity index (χ1v) is 12.1. The maximum Gasteiger partial charge on any atom is 0.248 e. The van der Waals surface area contributed by atoms with Gasteiger partial charge in [0, 0.05) is 12.7 Å². The van der Waals surface area contributed by atoms with Crippen molar-refractivity contribution in [3.05, 3.63) is 64.9 Å². The van der Waals surface area contributed by atoms with E-state index in [-0.39, 0.29) is 17.3 Å². The minimum absolute atomic E-state index is 0.105. The standard InChI is InChI=1S/C23H28N4O4S/c1-15-22(32(29,30)26(4)14-21-9-6-12-31-21)16(2)27(25-15)17(3)23(28)24-20-11-10-18-7-5-8-19(18)13-20/h6,9-13,17H,5,7-8,14H2,1-4H3,(H,24,28). The monoisotopic (exact) mass is 456 g/mol. The average molecular weight is 457 g/mol. The van der Waals surface area contributed by atoms with E-state index in [0.717, 1.165) is 24.9 Å². The Bertz CT molecular complexity index is 1250. The van der Waals surface area contributed by atoms with Gasteiger partial charge < -0.3 is 9.73 Å². The lowest BCUT2D eigenvalue weighted by Gasteiger charge is -2.17. The van der Waals surface area contributed by atoms with Crippen LogP contribution in [0.2, 0.25) is 0 Å². The molecule has 1 atom stereocenters. The fraction of sp³-hybridized carbons (Fsp3) is 0.391. The first-order valence-electron chi connectivity index (χ1n) is 10.7. The molecule has 1 N–H and O–H groups in total. The third-order valence-electron chi connectivity index (χ3n) is 6.00. The summed E-state index contributed by atoms with van der Waals surface area (Å²) in [4.78, 5) is 13.1. The van der Waals surface area contributed by atoms with Crippen LogP contribution in [0.15, 0.2) is 45.9 Å². The van der Waals surface area contributed by atoms with E-state index in [0.29, 0.717) is 17.1 Å². The van der Waals surface area contributed by atoms with E-state index in [1.807, 2.05) is 12.1 Å². The molecule has 1 amide bonds. The summed E-state index contributed by atoms with van der Waals surface area (Å²) in [5.41, 5.74) is 4.13. The van der Waals surface area contributed by atoms with Crippen LogP contribution in [0.1, 0.15) is 47.7 Å². The molecule has 2 heterocycles. The highest BCUT2D eigenvalue weighted by molar-refractivity contribution is 7.89. The molecular weight excluding hydrogens is 428 g/mol. The van der Waals surface area contributed by atoms with Crippen LogP contribution in [-0.4, -0.2) is 35.5 Å². The minimum atomic E-state index is -3.82. The zero-order chi connectivity index (χ0) is 23.0. The summed E-state index contributed by atoms with van der Waals surface area (Å²) >= 11 is 0. The number of nitrogens with zero attached hydrogens (tertiary/aromatic N) is 3. The minimum Gasteiger partial charge on any atom is -0.468 e. The van der Waals surface area contributed by atoms with Gasteiger partial charge in [-0.1, -0.05) is 6.07 Å². The molecule has 0 spiro atoms. The van der Waals surface area contributed by atoms with Crippen molar-refractivity contribution in [1.29, 1.82) is 0 Å². The smallest absolute Gasteiger partial charge is 0.248 e. The van der Waals surface area contributed by atoms with Gasteiger partial charge in [0.1, 0.15) is 16.7 Å². The number of furan rings is 1. The molecule has 170 valence electrons. The number of rotatable bonds is 7. The number of fused-ring (bicyclic) bond motifs is 1. The molecule has 32 heavy (non-hydrogen) atoms. The van der Waals surface area contributed by atoms with E-state index in [9.17, 15) is 13.2 Å². The zero-order valence-electron chi connectivity index (χ0n) is 18.8. The van der Waals surface area contributed by atoms with Gasteiger partial charge in [-0.15, -0.1) is 0 Å². The number of amides is 1. The van der Waals surface area contributed by atoms with Crippen LogP contribution in [-0.2, 0) is 34.2 Å². The van der Waals surface area contributed by atoms with Gasteiger partial charge in [-0.25, -0.2) is 8.42 Å². The van der Waals surface area contributed by atoms with Crippen molar-refractivity contribution in [1.82, 2.24) is 14.1 Å². The van der Waals surface area contributed by atoms with Gasteiger partial charge in [0.05, 0.1) is 24.2 Å². The Morgan fingerprint density at radius 1 is 1.25 bits per heavy atom. The lowest BCUT2D eigenvalue weighted by molar-refractivity contribution is -0.119. The van der Waals surface area contributed by atoms with Crippen LogP contribution in [0.25, 0.3) is 0 Å². The van der Waals surface area contributed by atoms with Gasteiger partial charge >= 0.3 is 0 Å². The van der Waals surface area contributed by atoms with Crippen molar-refractivity contribution in [2.45, 2.75) is 57.5 Å². The third kappa shape index (κ3) is 4.10. The number of hydrogen-bond donors (Lipinski definition) is 1.